The van der Waals surface area contributed by atoms with Crippen LogP contribution in [0.25, 0.3) is 0 Å². The molecule has 7 heteroatoms. The number of nitrogens with zero attached hydrogens (tertiary/aromatic N) is 5. The fourth-order valence-electron chi connectivity index (χ4n) is 4.93. The lowest BCUT2D eigenvalue weighted by atomic mass is 9.94. The molecule has 0 radical (unpaired) electrons. The van der Waals surface area contributed by atoms with E-state index in [1.54, 1.807) is 0 Å². The van der Waals surface area contributed by atoms with Crippen molar-refractivity contribution in [1.29, 1.82) is 0 Å². The highest BCUT2D eigenvalue weighted by Crippen LogP contribution is 2.28. The molecular weight excluding hydrogens is 366 g/mol. The summed E-state index contributed by atoms with van der Waals surface area (Å²) in [5, 5.41) is 8.50. The zero-order valence-corrected chi connectivity index (χ0v) is 16.9. The van der Waals surface area contributed by atoms with E-state index in [0.717, 1.165) is 37.4 Å². The molecule has 1 atom stereocenters. The van der Waals surface area contributed by atoms with E-state index in [2.05, 4.69) is 27.3 Å². The number of fused-ring (bicyclic) bond motifs is 1. The largest absolute Gasteiger partial charge is 0.365 e. The van der Waals surface area contributed by atoms with Crippen LogP contribution in [0.1, 0.15) is 60.0 Å². The van der Waals surface area contributed by atoms with Crippen LogP contribution in [-0.4, -0.2) is 62.9 Å². The number of ether oxygens (including phenoxy) is 1. The maximum Gasteiger partial charge on any atom is 0.276 e. The third-order valence-corrected chi connectivity index (χ3v) is 6.66. The van der Waals surface area contributed by atoms with Crippen LogP contribution in [0.3, 0.4) is 0 Å². The normalized spacial score (nSPS) is 23.7. The summed E-state index contributed by atoms with van der Waals surface area (Å²) in [4.78, 5) is 17.6. The van der Waals surface area contributed by atoms with Crippen LogP contribution in [0.15, 0.2) is 30.3 Å². The van der Waals surface area contributed by atoms with Crippen LogP contribution < -0.4 is 0 Å². The summed E-state index contributed by atoms with van der Waals surface area (Å²) < 4.78 is 7.88. The highest BCUT2D eigenvalue weighted by molar-refractivity contribution is 5.93. The number of benzene rings is 1. The average molecular weight is 396 g/mol. The Balaban J connectivity index is 1.23. The van der Waals surface area contributed by atoms with Crippen LogP contribution in [0.5, 0.6) is 0 Å². The second-order valence-electron chi connectivity index (χ2n) is 8.40. The van der Waals surface area contributed by atoms with Gasteiger partial charge < -0.3 is 9.64 Å². The summed E-state index contributed by atoms with van der Waals surface area (Å²) in [5.41, 5.74) is 2.39. The Morgan fingerprint density at radius 2 is 1.76 bits per heavy atom. The Labute approximate surface area is 171 Å². The number of hydrogen-bond donors (Lipinski definition) is 0. The van der Waals surface area contributed by atoms with Gasteiger partial charge in [-0.2, -0.15) is 0 Å². The van der Waals surface area contributed by atoms with Crippen LogP contribution in [0.4, 0.5) is 0 Å². The van der Waals surface area contributed by atoms with Crippen molar-refractivity contribution in [3.8, 4) is 0 Å². The van der Waals surface area contributed by atoms with Crippen molar-refractivity contribution in [1.82, 2.24) is 24.8 Å². The molecule has 0 N–H and O–H groups in total. The van der Waals surface area contributed by atoms with Gasteiger partial charge in [0.25, 0.3) is 5.91 Å². The molecule has 1 aromatic heterocycles. The summed E-state index contributed by atoms with van der Waals surface area (Å²) in [6.45, 7) is 4.44. The van der Waals surface area contributed by atoms with Crippen molar-refractivity contribution in [3.63, 3.8) is 0 Å². The molecule has 5 rings (SSSR count). The summed E-state index contributed by atoms with van der Waals surface area (Å²) in [6, 6.07) is 10.9. The molecule has 0 bridgehead atoms. The van der Waals surface area contributed by atoms with E-state index in [0.29, 0.717) is 24.9 Å². The summed E-state index contributed by atoms with van der Waals surface area (Å²) in [5.74, 6) is -0.00342. The van der Waals surface area contributed by atoms with Crippen molar-refractivity contribution in [3.05, 3.63) is 47.3 Å². The summed E-state index contributed by atoms with van der Waals surface area (Å²) >= 11 is 0. The van der Waals surface area contributed by atoms with Gasteiger partial charge in [-0.1, -0.05) is 54.8 Å². The number of carbonyl (C=O) groups is 1. The molecule has 1 aromatic carbocycles. The van der Waals surface area contributed by atoms with E-state index in [1.165, 1.54) is 32.1 Å². The fraction of sp³-hybridized carbons (Fsp3) is 0.591. The van der Waals surface area contributed by atoms with Crippen molar-refractivity contribution >= 4 is 5.91 Å². The molecule has 0 spiro atoms. The monoisotopic (exact) mass is 395 g/mol. The number of aromatic nitrogens is 3. The number of rotatable bonds is 3. The highest BCUT2D eigenvalue weighted by atomic mass is 16.5. The van der Waals surface area contributed by atoms with E-state index in [4.69, 9.17) is 4.74 Å². The number of piperazine rings is 1. The molecule has 3 heterocycles. The second-order valence-corrected chi connectivity index (χ2v) is 8.40. The minimum Gasteiger partial charge on any atom is -0.365 e. The van der Waals surface area contributed by atoms with Gasteiger partial charge in [-0.15, -0.1) is 5.10 Å². The minimum atomic E-state index is -0.0487. The van der Waals surface area contributed by atoms with Gasteiger partial charge in [-0.25, -0.2) is 4.68 Å². The lowest BCUT2D eigenvalue weighted by Gasteiger charge is -2.40. The van der Waals surface area contributed by atoms with Crippen molar-refractivity contribution in [2.24, 2.45) is 0 Å². The molecule has 154 valence electrons. The zero-order chi connectivity index (χ0) is 19.6. The molecular formula is C22H29N5O2. The van der Waals surface area contributed by atoms with E-state index in [1.807, 2.05) is 27.8 Å². The first-order chi connectivity index (χ1) is 14.3. The SMILES string of the molecule is O=C(c1nnn2c1COC(c1ccccc1)C2)N1CCN(C2CCCCC2)CC1. The third-order valence-electron chi connectivity index (χ3n) is 6.66. The standard InChI is InChI=1S/C22H29N5O2/c28-22(26-13-11-25(12-14-26)18-9-5-2-6-10-18)21-19-16-29-20(15-27(19)24-23-21)17-7-3-1-4-8-17/h1,3-4,7-8,18,20H,2,5-6,9-16H2. The third kappa shape index (κ3) is 3.81. The number of carbonyl (C=O) groups excluding carboxylic acids is 1. The summed E-state index contributed by atoms with van der Waals surface area (Å²) in [7, 11) is 0. The van der Waals surface area contributed by atoms with Gasteiger partial charge in [-0.05, 0) is 18.4 Å². The first-order valence-corrected chi connectivity index (χ1v) is 10.9. The van der Waals surface area contributed by atoms with Crippen molar-refractivity contribution in [2.45, 2.75) is 57.4 Å². The minimum absolute atomic E-state index is 0.00342. The van der Waals surface area contributed by atoms with Crippen LogP contribution in [-0.2, 0) is 17.9 Å². The van der Waals surface area contributed by atoms with Crippen LogP contribution in [0, 0.1) is 0 Å². The van der Waals surface area contributed by atoms with Gasteiger partial charge >= 0.3 is 0 Å². The van der Waals surface area contributed by atoms with E-state index < -0.39 is 0 Å². The fourth-order valence-corrected chi connectivity index (χ4v) is 4.93. The predicted octanol–water partition coefficient (Wildman–Crippen LogP) is 2.64. The molecule has 1 amide bonds. The van der Waals surface area contributed by atoms with Gasteiger partial charge in [0.2, 0.25) is 0 Å². The maximum absolute atomic E-state index is 13.1. The first-order valence-electron chi connectivity index (χ1n) is 10.9. The Bertz CT molecular complexity index is 838. The second kappa shape index (κ2) is 8.24. The van der Waals surface area contributed by atoms with Gasteiger partial charge in [0.1, 0.15) is 6.10 Å². The maximum atomic E-state index is 13.1. The Morgan fingerprint density at radius 1 is 1.00 bits per heavy atom. The highest BCUT2D eigenvalue weighted by Gasteiger charge is 2.32. The quantitative estimate of drug-likeness (QED) is 0.800. The number of amides is 1. The molecule has 1 saturated carbocycles. The van der Waals surface area contributed by atoms with Crippen molar-refractivity contribution < 1.29 is 9.53 Å². The lowest BCUT2D eigenvalue weighted by molar-refractivity contribution is -0.00210. The molecule has 3 aliphatic rings. The first kappa shape index (κ1) is 18.8. The predicted molar refractivity (Wildman–Crippen MR) is 108 cm³/mol. The summed E-state index contributed by atoms with van der Waals surface area (Å²) in [6.07, 6.45) is 6.65. The Hall–Kier alpha value is -2.25. The molecule has 1 aliphatic carbocycles. The smallest absolute Gasteiger partial charge is 0.276 e. The van der Waals surface area contributed by atoms with Crippen LogP contribution in [0.2, 0.25) is 0 Å². The lowest BCUT2D eigenvalue weighted by Crippen LogP contribution is -2.52. The van der Waals surface area contributed by atoms with Gasteiger partial charge in [0, 0.05) is 32.2 Å². The topological polar surface area (TPSA) is 63.5 Å². The molecule has 2 fully saturated rings. The van der Waals surface area contributed by atoms with E-state index in [9.17, 15) is 4.79 Å². The molecule has 29 heavy (non-hydrogen) atoms. The molecule has 1 saturated heterocycles. The Morgan fingerprint density at radius 3 is 2.52 bits per heavy atom. The molecule has 2 aliphatic heterocycles. The van der Waals surface area contributed by atoms with Crippen molar-refractivity contribution in [2.75, 3.05) is 26.2 Å². The van der Waals surface area contributed by atoms with Gasteiger partial charge in [0.05, 0.1) is 18.8 Å². The molecule has 7 nitrogen and oxygen atoms in total. The molecule has 2 aromatic rings. The molecule has 1 unspecified atom stereocenters. The Kier molecular flexibility index (Phi) is 5.33. The van der Waals surface area contributed by atoms with Gasteiger partial charge in [-0.3, -0.25) is 9.69 Å². The van der Waals surface area contributed by atoms with E-state index in [-0.39, 0.29) is 12.0 Å². The zero-order valence-electron chi connectivity index (χ0n) is 16.9. The van der Waals surface area contributed by atoms with Crippen LogP contribution >= 0.6 is 0 Å². The average Bonchev–Trinajstić information content (AvgIpc) is 3.23. The van der Waals surface area contributed by atoms with Gasteiger partial charge in [0.15, 0.2) is 5.69 Å². The number of hydrogen-bond acceptors (Lipinski definition) is 5. The van der Waals surface area contributed by atoms with E-state index >= 15 is 0 Å².